The number of allylic oxidation sites excluding steroid dienone is 2. The molecule has 0 unspecified atom stereocenters. The van der Waals surface area contributed by atoms with Crippen LogP contribution in [0, 0.1) is 11.8 Å². The quantitative estimate of drug-likeness (QED) is 0.280. The van der Waals surface area contributed by atoms with E-state index in [4.69, 9.17) is 9.47 Å². The van der Waals surface area contributed by atoms with Crippen molar-refractivity contribution in [2.45, 2.75) is 19.3 Å². The normalized spacial score (nSPS) is 22.5. The van der Waals surface area contributed by atoms with E-state index >= 15 is 0 Å². The molecule has 0 bridgehead atoms. The molecule has 1 saturated heterocycles. The average molecular weight is 338 g/mol. The van der Waals surface area contributed by atoms with Crippen LogP contribution in [0.1, 0.15) is 19.3 Å². The highest BCUT2D eigenvalue weighted by Gasteiger charge is 2.46. The molecule has 0 aromatic carbocycles. The number of ether oxygens (including phenoxy) is 2. The van der Waals surface area contributed by atoms with Gasteiger partial charge in [-0.25, -0.2) is 0 Å². The fourth-order valence-electron chi connectivity index (χ4n) is 2.85. The van der Waals surface area contributed by atoms with Crippen LogP contribution in [0.25, 0.3) is 0 Å². The number of carbonyl (C=O) groups excluding carboxylic acids is 4. The Labute approximate surface area is 140 Å². The van der Waals surface area contributed by atoms with Crippen LogP contribution >= 0.6 is 0 Å². The van der Waals surface area contributed by atoms with Gasteiger partial charge in [-0.3, -0.25) is 24.1 Å². The van der Waals surface area contributed by atoms with Gasteiger partial charge in [0, 0.05) is 20.2 Å². The standard InChI is InChI=1S/C16H22N2O6/c1-23-9-7-17-13(19)10-24-14(20)6-8-18-15(21)11-4-2-3-5-12(11)16(18)22/h2-3,11-12H,4-10H2,1H3,(H,17,19)/t11-,12+. The number of methoxy groups -OCH3 is 1. The predicted molar refractivity (Wildman–Crippen MR) is 82.5 cm³/mol. The Hall–Kier alpha value is -2.22. The summed E-state index contributed by atoms with van der Waals surface area (Å²) < 4.78 is 9.61. The van der Waals surface area contributed by atoms with E-state index in [1.165, 1.54) is 7.11 Å². The van der Waals surface area contributed by atoms with Gasteiger partial charge in [0.2, 0.25) is 11.8 Å². The fraction of sp³-hybridized carbons (Fsp3) is 0.625. The third-order valence-electron chi connectivity index (χ3n) is 4.13. The van der Waals surface area contributed by atoms with E-state index in [0.717, 1.165) is 4.90 Å². The van der Waals surface area contributed by atoms with Crippen molar-refractivity contribution < 1.29 is 28.7 Å². The first-order chi connectivity index (χ1) is 11.5. The van der Waals surface area contributed by atoms with E-state index in [1.54, 1.807) is 0 Å². The minimum atomic E-state index is -0.620. The van der Waals surface area contributed by atoms with Gasteiger partial charge in [-0.1, -0.05) is 12.2 Å². The zero-order valence-electron chi connectivity index (χ0n) is 13.7. The second-order valence-electron chi connectivity index (χ2n) is 5.74. The molecule has 1 aliphatic carbocycles. The smallest absolute Gasteiger partial charge is 0.308 e. The number of likely N-dealkylation sites (tertiary alicyclic amines) is 1. The maximum atomic E-state index is 12.2. The molecule has 0 aromatic heterocycles. The number of carbonyl (C=O) groups is 4. The van der Waals surface area contributed by atoms with E-state index in [2.05, 4.69) is 5.32 Å². The third-order valence-corrected chi connectivity index (χ3v) is 4.13. The molecule has 0 aromatic rings. The third kappa shape index (κ3) is 4.41. The van der Waals surface area contributed by atoms with Crippen LogP contribution < -0.4 is 5.32 Å². The maximum absolute atomic E-state index is 12.2. The highest BCUT2D eigenvalue weighted by atomic mass is 16.5. The Morgan fingerprint density at radius 1 is 1.21 bits per heavy atom. The first kappa shape index (κ1) is 18.1. The zero-order chi connectivity index (χ0) is 17.5. The largest absolute Gasteiger partial charge is 0.456 e. The number of nitrogens with one attached hydrogen (secondary N) is 1. The SMILES string of the molecule is COCCNC(=O)COC(=O)CCN1C(=O)[C@H]2CC=CC[C@H]2C1=O. The lowest BCUT2D eigenvalue weighted by molar-refractivity contribution is -0.150. The van der Waals surface area contributed by atoms with Crippen LogP contribution in [0.3, 0.4) is 0 Å². The van der Waals surface area contributed by atoms with Crippen molar-refractivity contribution in [3.8, 4) is 0 Å². The van der Waals surface area contributed by atoms with E-state index in [1.807, 2.05) is 12.2 Å². The molecule has 2 aliphatic rings. The van der Waals surface area contributed by atoms with Crippen molar-refractivity contribution in [1.29, 1.82) is 0 Å². The summed E-state index contributed by atoms with van der Waals surface area (Å²) in [4.78, 5) is 48.6. The Morgan fingerprint density at radius 2 is 1.83 bits per heavy atom. The van der Waals surface area contributed by atoms with Gasteiger partial charge in [-0.2, -0.15) is 0 Å². The summed E-state index contributed by atoms with van der Waals surface area (Å²) in [7, 11) is 1.51. The molecule has 2 atom stereocenters. The van der Waals surface area contributed by atoms with Gasteiger partial charge in [0.1, 0.15) is 0 Å². The van der Waals surface area contributed by atoms with E-state index in [0.29, 0.717) is 26.0 Å². The van der Waals surface area contributed by atoms with Gasteiger partial charge < -0.3 is 14.8 Å². The lowest BCUT2D eigenvalue weighted by Gasteiger charge is -2.14. The van der Waals surface area contributed by atoms with Crippen molar-refractivity contribution in [2.24, 2.45) is 11.8 Å². The van der Waals surface area contributed by atoms with Gasteiger partial charge >= 0.3 is 5.97 Å². The molecule has 0 saturated carbocycles. The highest BCUT2D eigenvalue weighted by molar-refractivity contribution is 6.05. The van der Waals surface area contributed by atoms with Crippen LogP contribution in [0.4, 0.5) is 0 Å². The first-order valence-corrected chi connectivity index (χ1v) is 7.96. The number of rotatable bonds is 8. The minimum Gasteiger partial charge on any atom is -0.456 e. The van der Waals surface area contributed by atoms with E-state index < -0.39 is 11.9 Å². The summed E-state index contributed by atoms with van der Waals surface area (Å²) in [6.07, 6.45) is 4.84. The lowest BCUT2D eigenvalue weighted by atomic mass is 9.85. The Kier molecular flexibility index (Phi) is 6.48. The molecule has 3 amide bonds. The molecule has 132 valence electrons. The summed E-state index contributed by atoms with van der Waals surface area (Å²) >= 11 is 0. The average Bonchev–Trinajstić information content (AvgIpc) is 2.83. The Morgan fingerprint density at radius 3 is 2.42 bits per heavy atom. The van der Waals surface area contributed by atoms with Crippen molar-refractivity contribution in [3.63, 3.8) is 0 Å². The van der Waals surface area contributed by atoms with E-state index in [-0.39, 0.29) is 43.2 Å². The lowest BCUT2D eigenvalue weighted by Crippen LogP contribution is -2.34. The zero-order valence-corrected chi connectivity index (χ0v) is 13.7. The van der Waals surface area contributed by atoms with Crippen LogP contribution in [0.2, 0.25) is 0 Å². The number of esters is 1. The molecule has 0 spiro atoms. The number of hydrogen-bond donors (Lipinski definition) is 1. The monoisotopic (exact) mass is 338 g/mol. The first-order valence-electron chi connectivity index (χ1n) is 7.96. The van der Waals surface area contributed by atoms with E-state index in [9.17, 15) is 19.2 Å². The van der Waals surface area contributed by atoms with Gasteiger partial charge in [-0.05, 0) is 12.8 Å². The van der Waals surface area contributed by atoms with Crippen LogP contribution in [-0.2, 0) is 28.7 Å². The molecule has 1 aliphatic heterocycles. The molecule has 2 rings (SSSR count). The Bertz CT molecular complexity index is 519. The second-order valence-corrected chi connectivity index (χ2v) is 5.74. The molecule has 1 N–H and O–H groups in total. The number of nitrogens with zero attached hydrogens (tertiary/aromatic N) is 1. The van der Waals surface area contributed by atoms with Crippen molar-refractivity contribution in [3.05, 3.63) is 12.2 Å². The van der Waals surface area contributed by atoms with Crippen LogP contribution in [-0.4, -0.2) is 62.0 Å². The van der Waals surface area contributed by atoms with Crippen molar-refractivity contribution >= 4 is 23.7 Å². The maximum Gasteiger partial charge on any atom is 0.308 e. The summed E-state index contributed by atoms with van der Waals surface area (Å²) in [5.41, 5.74) is 0. The molecular weight excluding hydrogens is 316 g/mol. The summed E-state index contributed by atoms with van der Waals surface area (Å²) in [5, 5.41) is 2.52. The molecule has 8 heteroatoms. The Balaban J connectivity index is 1.71. The summed E-state index contributed by atoms with van der Waals surface area (Å²) in [6, 6.07) is 0. The summed E-state index contributed by atoms with van der Waals surface area (Å²) in [5.74, 6) is -2.09. The summed E-state index contributed by atoms with van der Waals surface area (Å²) in [6.45, 7) is 0.310. The highest BCUT2D eigenvalue weighted by Crippen LogP contribution is 2.34. The fourth-order valence-corrected chi connectivity index (χ4v) is 2.85. The topological polar surface area (TPSA) is 102 Å². The molecule has 1 heterocycles. The molecule has 24 heavy (non-hydrogen) atoms. The number of hydrogen-bond acceptors (Lipinski definition) is 6. The second kappa shape index (κ2) is 8.58. The van der Waals surface area contributed by atoms with Crippen LogP contribution in [0.5, 0.6) is 0 Å². The minimum absolute atomic E-state index is 0.00516. The van der Waals surface area contributed by atoms with Crippen molar-refractivity contribution in [2.75, 3.05) is 33.4 Å². The number of fused-ring (bicyclic) bond motifs is 1. The molecule has 1 fully saturated rings. The molecule has 0 radical (unpaired) electrons. The van der Waals surface area contributed by atoms with Gasteiger partial charge in [0.05, 0.1) is 24.9 Å². The van der Waals surface area contributed by atoms with Crippen molar-refractivity contribution in [1.82, 2.24) is 10.2 Å². The van der Waals surface area contributed by atoms with Gasteiger partial charge in [0.15, 0.2) is 6.61 Å². The molecular formula is C16H22N2O6. The number of amides is 3. The van der Waals surface area contributed by atoms with Crippen LogP contribution in [0.15, 0.2) is 12.2 Å². The predicted octanol–water partition coefficient (Wildman–Crippen LogP) is -0.366. The number of imide groups is 1. The van der Waals surface area contributed by atoms with Gasteiger partial charge in [0.25, 0.3) is 5.91 Å². The van der Waals surface area contributed by atoms with Gasteiger partial charge in [-0.15, -0.1) is 0 Å². The molecule has 8 nitrogen and oxygen atoms in total.